The fraction of sp³-hybridized carbons (Fsp3) is 0.545. The summed E-state index contributed by atoms with van der Waals surface area (Å²) in [6.45, 7) is 3.83. The third kappa shape index (κ3) is 1.44. The van der Waals surface area contributed by atoms with E-state index in [0.717, 1.165) is 29.8 Å². The minimum atomic E-state index is -0.284. The smallest absolute Gasteiger partial charge is 0.307 e. The average Bonchev–Trinajstić information content (AvgIpc) is 2.98. The van der Waals surface area contributed by atoms with Gasteiger partial charge in [-0.05, 0) is 26.7 Å². The molecule has 1 aliphatic carbocycles. The van der Waals surface area contributed by atoms with Gasteiger partial charge < -0.3 is 4.90 Å². The number of urea groups is 1. The topological polar surface area (TPSA) is 84.9 Å². The van der Waals surface area contributed by atoms with E-state index in [-0.39, 0.29) is 24.0 Å². The highest BCUT2D eigenvalue weighted by molar-refractivity contribution is 6.06. The van der Waals surface area contributed by atoms with E-state index in [0.29, 0.717) is 0 Å². The molecule has 1 aliphatic heterocycles. The summed E-state index contributed by atoms with van der Waals surface area (Å²) in [5.41, 5.74) is 2.75. The Bertz CT molecular complexity index is 482. The zero-order valence-corrected chi connectivity index (χ0v) is 9.87. The second-order valence-electron chi connectivity index (χ2n) is 4.73. The maximum absolute atomic E-state index is 11.8. The predicted octanol–water partition coefficient (Wildman–Crippen LogP) is 1.23. The van der Waals surface area contributed by atoms with Crippen LogP contribution in [0.5, 0.6) is 0 Å². The van der Waals surface area contributed by atoms with Crippen molar-refractivity contribution in [2.75, 3.05) is 0 Å². The van der Waals surface area contributed by atoms with Gasteiger partial charge in [0.2, 0.25) is 0 Å². The van der Waals surface area contributed by atoms with Crippen LogP contribution in [0.2, 0.25) is 0 Å². The monoisotopic (exact) mass is 233 g/mol. The first-order chi connectivity index (χ1) is 8.09. The number of hydrogen-bond donors (Lipinski definition) is 3. The van der Waals surface area contributed by atoms with Crippen LogP contribution in [-0.2, 0) is 0 Å². The van der Waals surface area contributed by atoms with Gasteiger partial charge in [-0.15, -0.1) is 0 Å². The van der Waals surface area contributed by atoms with Gasteiger partial charge in [-0.25, -0.2) is 4.79 Å². The van der Waals surface area contributed by atoms with Crippen LogP contribution in [0.15, 0.2) is 0 Å². The molecule has 6 nitrogen and oxygen atoms in total. The SMILES string of the molecule is Cc1n[nH]c(C)c1C1C(=N)NC(=O)N1C1CC1. The number of amidine groups is 1. The largest absolute Gasteiger partial charge is 0.323 e. The van der Waals surface area contributed by atoms with Gasteiger partial charge in [-0.1, -0.05) is 0 Å². The Labute approximate surface area is 98.9 Å². The Morgan fingerprint density at radius 1 is 1.41 bits per heavy atom. The molecule has 0 radical (unpaired) electrons. The number of aromatic nitrogens is 2. The average molecular weight is 233 g/mol. The Morgan fingerprint density at radius 2 is 2.12 bits per heavy atom. The third-order valence-corrected chi connectivity index (χ3v) is 3.43. The molecule has 1 saturated carbocycles. The number of carbonyl (C=O) groups excluding carboxylic acids is 1. The first-order valence-electron chi connectivity index (χ1n) is 5.79. The van der Waals surface area contributed by atoms with Crippen molar-refractivity contribution in [1.82, 2.24) is 20.4 Å². The molecule has 3 rings (SSSR count). The van der Waals surface area contributed by atoms with E-state index in [2.05, 4.69) is 15.5 Å². The Morgan fingerprint density at radius 3 is 2.65 bits per heavy atom. The van der Waals surface area contributed by atoms with Gasteiger partial charge in [0.15, 0.2) is 0 Å². The van der Waals surface area contributed by atoms with Gasteiger partial charge >= 0.3 is 6.03 Å². The number of aromatic amines is 1. The molecule has 1 unspecified atom stereocenters. The van der Waals surface area contributed by atoms with Crippen molar-refractivity contribution in [2.45, 2.75) is 38.8 Å². The second-order valence-corrected chi connectivity index (χ2v) is 4.73. The standard InChI is InChI=1S/C11H15N5O/c1-5-8(6(2)15-14-5)9-10(12)13-11(17)16(9)7-3-4-7/h7,9H,3-4H2,1-2H3,(H,14,15)(H2,12,13,17). The first kappa shape index (κ1) is 10.3. The lowest BCUT2D eigenvalue weighted by atomic mass is 10.0. The number of hydrogen-bond acceptors (Lipinski definition) is 3. The number of amides is 2. The molecule has 90 valence electrons. The van der Waals surface area contributed by atoms with Gasteiger partial charge in [-0.2, -0.15) is 5.10 Å². The molecule has 1 saturated heterocycles. The Hall–Kier alpha value is -1.85. The fourth-order valence-corrected chi connectivity index (χ4v) is 2.48. The molecule has 1 atom stereocenters. The van der Waals surface area contributed by atoms with E-state index in [1.807, 2.05) is 13.8 Å². The Balaban J connectivity index is 2.05. The number of aryl methyl sites for hydroxylation is 2. The van der Waals surface area contributed by atoms with Gasteiger partial charge in [-0.3, -0.25) is 15.8 Å². The molecule has 1 aromatic rings. The molecule has 2 heterocycles. The van der Waals surface area contributed by atoms with Crippen LogP contribution < -0.4 is 5.32 Å². The number of nitrogens with zero attached hydrogens (tertiary/aromatic N) is 2. The van der Waals surface area contributed by atoms with Crippen LogP contribution in [0.4, 0.5) is 4.79 Å². The summed E-state index contributed by atoms with van der Waals surface area (Å²) in [6, 6.07) is -0.146. The van der Waals surface area contributed by atoms with Crippen molar-refractivity contribution in [3.05, 3.63) is 17.0 Å². The van der Waals surface area contributed by atoms with Gasteiger partial charge in [0.25, 0.3) is 0 Å². The van der Waals surface area contributed by atoms with Crippen molar-refractivity contribution in [2.24, 2.45) is 0 Å². The first-order valence-corrected chi connectivity index (χ1v) is 5.79. The number of carbonyl (C=O) groups is 1. The van der Waals surface area contributed by atoms with Gasteiger partial charge in [0, 0.05) is 17.3 Å². The van der Waals surface area contributed by atoms with Crippen LogP contribution >= 0.6 is 0 Å². The molecule has 0 spiro atoms. The van der Waals surface area contributed by atoms with E-state index in [1.54, 1.807) is 4.90 Å². The zero-order chi connectivity index (χ0) is 12.2. The van der Waals surface area contributed by atoms with Crippen molar-refractivity contribution < 1.29 is 4.79 Å². The van der Waals surface area contributed by atoms with Gasteiger partial charge in [0.1, 0.15) is 11.9 Å². The van der Waals surface area contributed by atoms with Gasteiger partial charge in [0.05, 0.1) is 5.69 Å². The predicted molar refractivity (Wildman–Crippen MR) is 61.9 cm³/mol. The normalized spacial score (nSPS) is 24.4. The molecule has 6 heteroatoms. The molecular formula is C11H15N5O. The third-order valence-electron chi connectivity index (χ3n) is 3.43. The van der Waals surface area contributed by atoms with E-state index >= 15 is 0 Å². The molecule has 0 bridgehead atoms. The highest BCUT2D eigenvalue weighted by Crippen LogP contribution is 2.38. The summed E-state index contributed by atoms with van der Waals surface area (Å²) >= 11 is 0. The van der Waals surface area contributed by atoms with Crippen LogP contribution in [0.3, 0.4) is 0 Å². The minimum absolute atomic E-state index is 0.150. The van der Waals surface area contributed by atoms with Crippen LogP contribution in [0.1, 0.15) is 35.8 Å². The van der Waals surface area contributed by atoms with Crippen LogP contribution in [0, 0.1) is 19.3 Å². The van der Waals surface area contributed by atoms with Crippen molar-refractivity contribution >= 4 is 11.9 Å². The lowest BCUT2D eigenvalue weighted by molar-refractivity contribution is 0.202. The highest BCUT2D eigenvalue weighted by Gasteiger charge is 2.46. The van der Waals surface area contributed by atoms with Crippen LogP contribution in [0.25, 0.3) is 0 Å². The lowest BCUT2D eigenvalue weighted by Gasteiger charge is -2.22. The molecule has 2 amide bonds. The quantitative estimate of drug-likeness (QED) is 0.717. The fourth-order valence-electron chi connectivity index (χ4n) is 2.48. The summed E-state index contributed by atoms with van der Waals surface area (Å²) in [5, 5.41) is 17.6. The summed E-state index contributed by atoms with van der Waals surface area (Å²) in [4.78, 5) is 13.6. The lowest BCUT2D eigenvalue weighted by Crippen LogP contribution is -2.32. The van der Waals surface area contributed by atoms with E-state index in [1.165, 1.54) is 0 Å². The number of rotatable bonds is 2. The minimum Gasteiger partial charge on any atom is -0.307 e. The molecule has 1 aromatic heterocycles. The molecule has 2 fully saturated rings. The molecule has 3 N–H and O–H groups in total. The number of H-pyrrole nitrogens is 1. The second kappa shape index (κ2) is 3.32. The number of nitrogens with one attached hydrogen (secondary N) is 3. The van der Waals surface area contributed by atoms with Crippen LogP contribution in [-0.4, -0.2) is 33.0 Å². The Kier molecular flexibility index (Phi) is 2.01. The molecule has 2 aliphatic rings. The van der Waals surface area contributed by atoms with E-state index < -0.39 is 0 Å². The van der Waals surface area contributed by atoms with Crippen molar-refractivity contribution in [3.63, 3.8) is 0 Å². The maximum atomic E-state index is 11.8. The summed E-state index contributed by atoms with van der Waals surface area (Å²) in [7, 11) is 0. The summed E-state index contributed by atoms with van der Waals surface area (Å²) < 4.78 is 0. The maximum Gasteiger partial charge on any atom is 0.323 e. The van der Waals surface area contributed by atoms with Crippen molar-refractivity contribution in [1.29, 1.82) is 5.41 Å². The highest BCUT2D eigenvalue weighted by atomic mass is 16.2. The van der Waals surface area contributed by atoms with E-state index in [4.69, 9.17) is 5.41 Å². The van der Waals surface area contributed by atoms with Crippen molar-refractivity contribution in [3.8, 4) is 0 Å². The molecular weight excluding hydrogens is 218 g/mol. The zero-order valence-electron chi connectivity index (χ0n) is 9.87. The molecule has 17 heavy (non-hydrogen) atoms. The van der Waals surface area contributed by atoms with E-state index in [9.17, 15) is 4.79 Å². The molecule has 0 aromatic carbocycles. The summed E-state index contributed by atoms with van der Waals surface area (Å²) in [6.07, 6.45) is 2.07. The summed E-state index contributed by atoms with van der Waals surface area (Å²) in [5.74, 6) is 0.259.